The maximum absolute atomic E-state index is 13.3. The quantitative estimate of drug-likeness (QED) is 0.162. The number of ether oxygens (including phenoxy) is 5. The molecule has 2 saturated heterocycles. The molecule has 1 aromatic rings. The summed E-state index contributed by atoms with van der Waals surface area (Å²) in [5.74, 6) is -0.842. The van der Waals surface area contributed by atoms with Crippen molar-refractivity contribution in [3.05, 3.63) is 29.8 Å². The number of aliphatic hydroxyl groups excluding tert-OH is 2. The van der Waals surface area contributed by atoms with Gasteiger partial charge in [-0.05, 0) is 38.0 Å². The molecule has 0 spiro atoms. The molecule has 0 aromatic heterocycles. The minimum Gasteiger partial charge on any atom is -0.463 e. The van der Waals surface area contributed by atoms with Gasteiger partial charge in [0.25, 0.3) is 5.60 Å². The van der Waals surface area contributed by atoms with Crippen LogP contribution in [0.25, 0.3) is 0 Å². The lowest BCUT2D eigenvalue weighted by atomic mass is 9.91. The lowest BCUT2D eigenvalue weighted by molar-refractivity contribution is -0.202. The molecular formula is C28H36N2O11. The molecule has 0 saturated carbocycles. The summed E-state index contributed by atoms with van der Waals surface area (Å²) < 4.78 is 26.8. The van der Waals surface area contributed by atoms with Gasteiger partial charge in [-0.25, -0.2) is 14.4 Å². The molecule has 41 heavy (non-hydrogen) atoms. The second-order valence-electron chi connectivity index (χ2n) is 9.62. The Kier molecular flexibility index (Phi) is 10.3. The normalized spacial score (nSPS) is 24.5. The summed E-state index contributed by atoms with van der Waals surface area (Å²) in [4.78, 5) is 54.3. The second-order valence-corrected chi connectivity index (χ2v) is 9.62. The van der Waals surface area contributed by atoms with E-state index in [1.807, 2.05) is 0 Å². The van der Waals surface area contributed by atoms with Crippen molar-refractivity contribution < 1.29 is 53.1 Å². The number of esters is 3. The number of terminal acetylenes is 1. The number of rotatable bonds is 11. The van der Waals surface area contributed by atoms with E-state index in [2.05, 4.69) is 5.92 Å². The SMILES string of the molecule is C#C[C@@]1(OC(C)=O)[C@@H](COC(Cc2ccc(N3CCCN(C)C3=O)cc2)(C(=O)OCC)C(=O)OCC)OC(O)[C@@H]1O. The smallest absolute Gasteiger partial charge is 0.350 e. The Hall–Kier alpha value is -3.70. The summed E-state index contributed by atoms with van der Waals surface area (Å²) in [6.45, 7) is 4.48. The van der Waals surface area contributed by atoms with Crippen molar-refractivity contribution in [2.24, 2.45) is 0 Å². The van der Waals surface area contributed by atoms with Crippen LogP contribution in [0, 0.1) is 12.3 Å². The van der Waals surface area contributed by atoms with Crippen LogP contribution >= 0.6 is 0 Å². The lowest BCUT2D eigenvalue weighted by Gasteiger charge is -2.34. The van der Waals surface area contributed by atoms with Crippen LogP contribution in [0.15, 0.2) is 24.3 Å². The van der Waals surface area contributed by atoms with Crippen LogP contribution in [-0.2, 0) is 44.5 Å². The van der Waals surface area contributed by atoms with E-state index in [0.29, 0.717) is 24.3 Å². The lowest BCUT2D eigenvalue weighted by Crippen LogP contribution is -2.57. The number of amides is 2. The third-order valence-corrected chi connectivity index (χ3v) is 6.85. The fraction of sp³-hybridized carbons (Fsp3) is 0.571. The summed E-state index contributed by atoms with van der Waals surface area (Å²) in [6.07, 6.45) is 0.866. The maximum Gasteiger partial charge on any atom is 0.350 e. The van der Waals surface area contributed by atoms with Gasteiger partial charge in [0.15, 0.2) is 12.4 Å². The predicted molar refractivity (Wildman–Crippen MR) is 142 cm³/mol. The molecule has 4 atom stereocenters. The van der Waals surface area contributed by atoms with E-state index in [0.717, 1.165) is 13.3 Å². The first-order valence-electron chi connectivity index (χ1n) is 13.2. The van der Waals surface area contributed by atoms with Gasteiger partial charge in [0, 0.05) is 39.2 Å². The Balaban J connectivity index is 1.96. The topological polar surface area (TPSA) is 161 Å². The van der Waals surface area contributed by atoms with Gasteiger partial charge >= 0.3 is 23.9 Å². The molecule has 13 nitrogen and oxygen atoms in total. The first-order valence-corrected chi connectivity index (χ1v) is 13.2. The fourth-order valence-corrected chi connectivity index (χ4v) is 4.77. The van der Waals surface area contributed by atoms with Crippen LogP contribution in [0.3, 0.4) is 0 Å². The Morgan fingerprint density at radius 2 is 1.73 bits per heavy atom. The summed E-state index contributed by atoms with van der Waals surface area (Å²) in [5, 5.41) is 20.6. The summed E-state index contributed by atoms with van der Waals surface area (Å²) in [6, 6.07) is 6.50. The van der Waals surface area contributed by atoms with Crippen molar-refractivity contribution in [1.82, 2.24) is 4.90 Å². The van der Waals surface area contributed by atoms with E-state index in [1.165, 1.54) is 0 Å². The van der Waals surface area contributed by atoms with Gasteiger partial charge in [0.1, 0.15) is 6.10 Å². The standard InChI is InChI=1S/C28H36N2O11/c1-6-27(41-18(4)31)21(40-23(33)22(27)32)17-39-28(24(34)37-7-2,25(35)38-8-3)16-19-10-12-20(13-11-19)30-15-9-14-29(5)26(30)36/h1,10-13,21-23,32-33H,7-9,14-17H2,2-5H3/t21-,22+,23?,27-/m1/s1. The molecule has 2 aliphatic rings. The van der Waals surface area contributed by atoms with E-state index < -0.39 is 54.2 Å². The van der Waals surface area contributed by atoms with Crippen LogP contribution in [-0.4, -0.2) is 109 Å². The molecule has 224 valence electrons. The van der Waals surface area contributed by atoms with E-state index in [1.54, 1.807) is 55.0 Å². The second kappa shape index (κ2) is 13.3. The predicted octanol–water partition coefficient (Wildman–Crippen LogP) is 0.386. The van der Waals surface area contributed by atoms with Crippen LogP contribution in [0.1, 0.15) is 32.8 Å². The number of nitrogens with zero attached hydrogens (tertiary/aromatic N) is 2. The Morgan fingerprint density at radius 3 is 2.27 bits per heavy atom. The molecule has 2 aliphatic heterocycles. The molecule has 3 rings (SSSR count). The van der Waals surface area contributed by atoms with Crippen molar-refractivity contribution in [2.75, 3.05) is 44.9 Å². The number of carbonyl (C=O) groups excluding carboxylic acids is 4. The average Bonchev–Trinajstić information content (AvgIpc) is 3.17. The molecule has 0 radical (unpaired) electrons. The highest BCUT2D eigenvalue weighted by Crippen LogP contribution is 2.35. The van der Waals surface area contributed by atoms with Crippen molar-refractivity contribution in [1.29, 1.82) is 0 Å². The van der Waals surface area contributed by atoms with Crippen molar-refractivity contribution >= 4 is 29.6 Å². The first-order chi connectivity index (χ1) is 19.4. The van der Waals surface area contributed by atoms with Crippen LogP contribution in [0.2, 0.25) is 0 Å². The molecule has 13 heteroatoms. The summed E-state index contributed by atoms with van der Waals surface area (Å²) >= 11 is 0. The number of benzene rings is 1. The molecule has 2 amide bonds. The fourth-order valence-electron chi connectivity index (χ4n) is 4.77. The molecule has 1 unspecified atom stereocenters. The Morgan fingerprint density at radius 1 is 1.12 bits per heavy atom. The minimum atomic E-state index is -2.37. The van der Waals surface area contributed by atoms with Gasteiger partial charge in [0.2, 0.25) is 5.60 Å². The van der Waals surface area contributed by atoms with Crippen molar-refractivity contribution in [3.63, 3.8) is 0 Å². The van der Waals surface area contributed by atoms with Crippen LogP contribution < -0.4 is 4.90 Å². The third kappa shape index (κ3) is 6.46. The molecule has 1 aromatic carbocycles. The molecule has 0 aliphatic carbocycles. The molecule has 2 fully saturated rings. The van der Waals surface area contributed by atoms with E-state index >= 15 is 0 Å². The molecule has 0 bridgehead atoms. The van der Waals surface area contributed by atoms with E-state index in [4.69, 9.17) is 30.1 Å². The number of urea groups is 1. The van der Waals surface area contributed by atoms with Crippen molar-refractivity contribution in [2.45, 2.75) is 63.3 Å². The van der Waals surface area contributed by atoms with E-state index in [9.17, 15) is 29.4 Å². The van der Waals surface area contributed by atoms with Gasteiger partial charge in [-0.1, -0.05) is 18.1 Å². The zero-order valence-electron chi connectivity index (χ0n) is 23.5. The maximum atomic E-state index is 13.3. The van der Waals surface area contributed by atoms with Crippen LogP contribution in [0.5, 0.6) is 0 Å². The van der Waals surface area contributed by atoms with Gasteiger partial charge in [-0.2, -0.15) is 0 Å². The number of carbonyl (C=O) groups is 4. The van der Waals surface area contributed by atoms with E-state index in [-0.39, 0.29) is 25.7 Å². The molecule has 2 N–H and O–H groups in total. The van der Waals surface area contributed by atoms with Crippen LogP contribution in [0.4, 0.5) is 10.5 Å². The van der Waals surface area contributed by atoms with Gasteiger partial charge in [0.05, 0.1) is 19.8 Å². The number of anilines is 1. The summed E-state index contributed by atoms with van der Waals surface area (Å²) in [7, 11) is 1.72. The first kappa shape index (κ1) is 31.8. The number of aliphatic hydroxyl groups is 2. The monoisotopic (exact) mass is 576 g/mol. The zero-order valence-corrected chi connectivity index (χ0v) is 23.5. The molecular weight excluding hydrogens is 540 g/mol. The Bertz CT molecular complexity index is 1150. The highest BCUT2D eigenvalue weighted by atomic mass is 16.7. The summed E-state index contributed by atoms with van der Waals surface area (Å²) in [5.41, 5.74) is -3.45. The van der Waals surface area contributed by atoms with Gasteiger partial charge in [-0.3, -0.25) is 9.69 Å². The van der Waals surface area contributed by atoms with Gasteiger partial charge < -0.3 is 38.8 Å². The Labute approximate surface area is 238 Å². The van der Waals surface area contributed by atoms with Crippen molar-refractivity contribution in [3.8, 4) is 12.3 Å². The van der Waals surface area contributed by atoms with Gasteiger partial charge in [-0.15, -0.1) is 6.42 Å². The number of hydrogen-bond acceptors (Lipinski definition) is 11. The number of hydrogen-bond donors (Lipinski definition) is 2. The highest BCUT2D eigenvalue weighted by molar-refractivity contribution is 6.04. The minimum absolute atomic E-state index is 0.0913. The largest absolute Gasteiger partial charge is 0.463 e. The molecule has 2 heterocycles. The average molecular weight is 577 g/mol. The third-order valence-electron chi connectivity index (χ3n) is 6.85. The zero-order chi connectivity index (χ0) is 30.4. The highest BCUT2D eigenvalue weighted by Gasteiger charge is 2.60.